The van der Waals surface area contributed by atoms with E-state index in [2.05, 4.69) is 10.3 Å². The van der Waals surface area contributed by atoms with E-state index in [0.29, 0.717) is 5.56 Å². The zero-order valence-electron chi connectivity index (χ0n) is 14.2. The molecule has 0 saturated heterocycles. The molecule has 0 spiro atoms. The monoisotopic (exact) mass is 334 g/mol. The molecular weight excluding hydrogens is 315 g/mol. The summed E-state index contributed by atoms with van der Waals surface area (Å²) >= 11 is 0. The van der Waals surface area contributed by atoms with Crippen molar-refractivity contribution in [3.05, 3.63) is 89.5 Å². The molecule has 1 aromatic heterocycles. The lowest BCUT2D eigenvalue weighted by atomic mass is 10.0. The van der Waals surface area contributed by atoms with E-state index < -0.39 is 0 Å². The van der Waals surface area contributed by atoms with E-state index in [1.807, 2.05) is 50.4 Å². The first kappa shape index (κ1) is 16.8. The fourth-order valence-electron chi connectivity index (χ4n) is 2.71. The summed E-state index contributed by atoms with van der Waals surface area (Å²) in [7, 11) is 0. The molecule has 3 aromatic rings. The molecule has 1 atom stereocenters. The van der Waals surface area contributed by atoms with Crippen LogP contribution in [0.25, 0.3) is 11.1 Å². The van der Waals surface area contributed by atoms with Crippen LogP contribution in [0, 0.1) is 12.7 Å². The number of nitrogens with one attached hydrogen (secondary N) is 1. The lowest BCUT2D eigenvalue weighted by molar-refractivity contribution is 0.0940. The van der Waals surface area contributed by atoms with Gasteiger partial charge >= 0.3 is 0 Å². The van der Waals surface area contributed by atoms with Crippen LogP contribution >= 0.6 is 0 Å². The Kier molecular flexibility index (Phi) is 4.89. The number of hydrogen-bond donors (Lipinski definition) is 1. The first-order valence-corrected chi connectivity index (χ1v) is 8.12. The summed E-state index contributed by atoms with van der Waals surface area (Å²) in [6.45, 7) is 3.88. The Morgan fingerprint density at radius 1 is 1.04 bits per heavy atom. The van der Waals surface area contributed by atoms with Gasteiger partial charge in [-0.2, -0.15) is 0 Å². The summed E-state index contributed by atoms with van der Waals surface area (Å²) in [4.78, 5) is 16.5. The second-order valence-corrected chi connectivity index (χ2v) is 6.01. The van der Waals surface area contributed by atoms with E-state index in [9.17, 15) is 9.18 Å². The lowest BCUT2D eigenvalue weighted by Gasteiger charge is -2.14. The van der Waals surface area contributed by atoms with Crippen molar-refractivity contribution in [3.8, 4) is 11.1 Å². The first-order chi connectivity index (χ1) is 12.0. The van der Waals surface area contributed by atoms with Crippen molar-refractivity contribution in [2.75, 3.05) is 0 Å². The van der Waals surface area contributed by atoms with Crippen LogP contribution in [0.2, 0.25) is 0 Å². The summed E-state index contributed by atoms with van der Waals surface area (Å²) < 4.78 is 13.0. The minimum absolute atomic E-state index is 0.158. The SMILES string of the molecule is Cc1cnccc1-c1ccc(C(=O)N[C@H](C)c2ccc(F)cc2)cc1. The molecule has 0 fully saturated rings. The van der Waals surface area contributed by atoms with Crippen molar-refractivity contribution < 1.29 is 9.18 Å². The molecule has 3 nitrogen and oxygen atoms in total. The highest BCUT2D eigenvalue weighted by molar-refractivity contribution is 5.95. The van der Waals surface area contributed by atoms with E-state index >= 15 is 0 Å². The van der Waals surface area contributed by atoms with Crippen molar-refractivity contribution in [1.29, 1.82) is 0 Å². The molecule has 1 heterocycles. The smallest absolute Gasteiger partial charge is 0.251 e. The van der Waals surface area contributed by atoms with E-state index in [4.69, 9.17) is 0 Å². The zero-order chi connectivity index (χ0) is 17.8. The number of nitrogens with zero attached hydrogens (tertiary/aromatic N) is 1. The minimum Gasteiger partial charge on any atom is -0.346 e. The number of benzene rings is 2. The third-order valence-electron chi connectivity index (χ3n) is 4.20. The van der Waals surface area contributed by atoms with Crippen LogP contribution in [0.5, 0.6) is 0 Å². The Morgan fingerprint density at radius 2 is 1.72 bits per heavy atom. The quantitative estimate of drug-likeness (QED) is 0.752. The van der Waals surface area contributed by atoms with E-state index in [-0.39, 0.29) is 17.8 Å². The molecule has 0 radical (unpaired) electrons. The van der Waals surface area contributed by atoms with Gasteiger partial charge < -0.3 is 5.32 Å². The van der Waals surface area contributed by atoms with Crippen LogP contribution in [-0.4, -0.2) is 10.9 Å². The Morgan fingerprint density at radius 3 is 2.36 bits per heavy atom. The molecule has 1 amide bonds. The number of aromatic nitrogens is 1. The van der Waals surface area contributed by atoms with Gasteiger partial charge in [0, 0.05) is 18.0 Å². The van der Waals surface area contributed by atoms with Crippen LogP contribution < -0.4 is 5.32 Å². The van der Waals surface area contributed by atoms with Gasteiger partial charge in [0.1, 0.15) is 5.82 Å². The van der Waals surface area contributed by atoms with E-state index in [1.165, 1.54) is 12.1 Å². The predicted molar refractivity (Wildman–Crippen MR) is 96.7 cm³/mol. The number of halogens is 1. The predicted octanol–water partition coefficient (Wildman–Crippen LogP) is 4.69. The zero-order valence-corrected chi connectivity index (χ0v) is 14.2. The summed E-state index contributed by atoms with van der Waals surface area (Å²) in [5.41, 5.74) is 4.68. The normalized spacial score (nSPS) is 11.8. The van der Waals surface area contributed by atoms with Gasteiger partial charge in [-0.15, -0.1) is 0 Å². The van der Waals surface area contributed by atoms with Crippen LogP contribution in [0.3, 0.4) is 0 Å². The van der Waals surface area contributed by atoms with Gasteiger partial charge in [-0.1, -0.05) is 24.3 Å². The highest BCUT2D eigenvalue weighted by Crippen LogP contribution is 2.23. The highest BCUT2D eigenvalue weighted by Gasteiger charge is 2.12. The average molecular weight is 334 g/mol. The van der Waals surface area contributed by atoms with Gasteiger partial charge in [0.2, 0.25) is 0 Å². The summed E-state index contributed by atoms with van der Waals surface area (Å²) in [5.74, 6) is -0.445. The fourth-order valence-corrected chi connectivity index (χ4v) is 2.71. The number of pyridine rings is 1. The number of carbonyl (C=O) groups is 1. The van der Waals surface area contributed by atoms with Crippen molar-refractivity contribution in [2.45, 2.75) is 19.9 Å². The highest BCUT2D eigenvalue weighted by atomic mass is 19.1. The van der Waals surface area contributed by atoms with Crippen molar-refractivity contribution >= 4 is 5.91 Å². The Labute approximate surface area is 146 Å². The summed E-state index contributed by atoms with van der Waals surface area (Å²) in [5, 5.41) is 2.93. The molecule has 0 saturated carbocycles. The number of amides is 1. The third-order valence-corrected chi connectivity index (χ3v) is 4.20. The van der Waals surface area contributed by atoms with Gasteiger partial charge in [-0.25, -0.2) is 4.39 Å². The summed E-state index contributed by atoms with van der Waals surface area (Å²) in [6, 6.07) is 15.4. The summed E-state index contributed by atoms with van der Waals surface area (Å²) in [6.07, 6.45) is 3.58. The molecule has 0 unspecified atom stereocenters. The van der Waals surface area contributed by atoms with Crippen molar-refractivity contribution in [1.82, 2.24) is 10.3 Å². The molecule has 25 heavy (non-hydrogen) atoms. The van der Waals surface area contributed by atoms with Crippen LogP contribution in [-0.2, 0) is 0 Å². The Balaban J connectivity index is 1.72. The van der Waals surface area contributed by atoms with E-state index in [0.717, 1.165) is 22.3 Å². The third kappa shape index (κ3) is 3.91. The molecule has 126 valence electrons. The van der Waals surface area contributed by atoms with Crippen LogP contribution in [0.1, 0.15) is 34.5 Å². The molecule has 2 aromatic carbocycles. The largest absolute Gasteiger partial charge is 0.346 e. The maximum atomic E-state index is 13.0. The molecule has 1 N–H and O–H groups in total. The molecule has 0 aliphatic rings. The maximum Gasteiger partial charge on any atom is 0.251 e. The van der Waals surface area contributed by atoms with Gasteiger partial charge in [0.25, 0.3) is 5.91 Å². The number of carbonyl (C=O) groups excluding carboxylic acids is 1. The van der Waals surface area contributed by atoms with Gasteiger partial charge in [0.15, 0.2) is 0 Å². The molecule has 3 rings (SSSR count). The maximum absolute atomic E-state index is 13.0. The number of aryl methyl sites for hydroxylation is 1. The first-order valence-electron chi connectivity index (χ1n) is 8.12. The van der Waals surface area contributed by atoms with E-state index in [1.54, 1.807) is 18.3 Å². The second-order valence-electron chi connectivity index (χ2n) is 6.01. The molecule has 0 aliphatic carbocycles. The van der Waals surface area contributed by atoms with Crippen LogP contribution in [0.15, 0.2) is 67.0 Å². The van der Waals surface area contributed by atoms with Gasteiger partial charge in [-0.05, 0) is 66.4 Å². The number of rotatable bonds is 4. The standard InChI is InChI=1S/C21H19FN2O/c1-14-13-23-12-11-20(14)17-3-5-18(6-4-17)21(25)24-15(2)16-7-9-19(22)10-8-16/h3-13,15H,1-2H3,(H,24,25)/t15-/m1/s1. The van der Waals surface area contributed by atoms with Gasteiger partial charge in [0.05, 0.1) is 6.04 Å². The molecule has 0 aliphatic heterocycles. The van der Waals surface area contributed by atoms with Crippen LogP contribution in [0.4, 0.5) is 4.39 Å². The lowest BCUT2D eigenvalue weighted by Crippen LogP contribution is -2.26. The molecular formula is C21H19FN2O. The average Bonchev–Trinajstić information content (AvgIpc) is 2.63. The molecule has 0 bridgehead atoms. The fraction of sp³-hybridized carbons (Fsp3) is 0.143. The topological polar surface area (TPSA) is 42.0 Å². The van der Waals surface area contributed by atoms with Crippen molar-refractivity contribution in [3.63, 3.8) is 0 Å². The molecule has 4 heteroatoms. The van der Waals surface area contributed by atoms with Gasteiger partial charge in [-0.3, -0.25) is 9.78 Å². The Hall–Kier alpha value is -3.01. The number of hydrogen-bond acceptors (Lipinski definition) is 2. The Bertz CT molecular complexity index is 873. The van der Waals surface area contributed by atoms with Crippen molar-refractivity contribution in [2.24, 2.45) is 0 Å². The minimum atomic E-state index is -0.288. The second kappa shape index (κ2) is 7.26.